The zero-order valence-corrected chi connectivity index (χ0v) is 2.42. The third-order valence-electron chi connectivity index (χ3n) is 0.263. The maximum atomic E-state index is 4.31. The van der Waals surface area contributed by atoms with Gasteiger partial charge in [-0.15, -0.1) is 0 Å². The lowest BCUT2D eigenvalue weighted by molar-refractivity contribution is 0.143. The largest absolute Gasteiger partial charge is 0.432 e. The van der Waals surface area contributed by atoms with Crippen LogP contribution in [0.25, 0.3) is 0 Å². The quantitative estimate of drug-likeness (QED) is 0.406. The van der Waals surface area contributed by atoms with Crippen LogP contribution in [0.3, 0.4) is 0 Å². The molecule has 1 heterocycles. The lowest BCUT2D eigenvalue weighted by Gasteiger charge is -1.74. The molecule has 0 spiro atoms. The molecule has 0 bridgehead atoms. The lowest BCUT2D eigenvalue weighted by atomic mass is 11.4. The first-order valence-corrected chi connectivity index (χ1v) is 1.15. The van der Waals surface area contributed by atoms with Gasteiger partial charge in [0.25, 0.3) is 0 Å². The van der Waals surface area contributed by atoms with Crippen LogP contribution in [0.15, 0.2) is 5.16 Å². The van der Waals surface area contributed by atoms with Crippen molar-refractivity contribution in [1.82, 2.24) is 0 Å². The van der Waals surface area contributed by atoms with E-state index >= 15 is 0 Å². The fraction of sp³-hybridized carbons (Fsp3) is 0. The second kappa shape index (κ2) is 0.924. The molecule has 0 saturated heterocycles. The molecular weight excluding hydrogens is 70.0 g/mol. The van der Waals surface area contributed by atoms with E-state index in [1.54, 1.807) is 0 Å². The van der Waals surface area contributed by atoms with Crippen molar-refractivity contribution >= 4 is 6.40 Å². The number of hydrogen-bond donors (Lipinski definition) is 0. The Morgan fingerprint density at radius 3 is 2.80 bits per heavy atom. The van der Waals surface area contributed by atoms with Crippen molar-refractivity contribution in [3.05, 3.63) is 6.79 Å². The van der Waals surface area contributed by atoms with Gasteiger partial charge in [0, 0.05) is 0 Å². The smallest absolute Gasteiger partial charge is 0.342 e. The summed E-state index contributed by atoms with van der Waals surface area (Å²) >= 11 is 0. The number of rotatable bonds is 0. The predicted molar refractivity (Wildman–Crippen MR) is 15.0 cm³/mol. The summed E-state index contributed by atoms with van der Waals surface area (Å²) in [5.41, 5.74) is 0. The molecule has 0 amide bonds. The first kappa shape index (κ1) is 2.50. The molecular formula is C2H2NO2. The summed E-state index contributed by atoms with van der Waals surface area (Å²) in [6.45, 7) is 1.14. The SMILES string of the molecule is [CH]1OC=NO1. The maximum Gasteiger partial charge on any atom is 0.342 e. The van der Waals surface area contributed by atoms with Crippen LogP contribution >= 0.6 is 0 Å². The zero-order chi connectivity index (χ0) is 3.54. The molecule has 0 aromatic carbocycles. The Morgan fingerprint density at radius 1 is 1.60 bits per heavy atom. The molecule has 1 aliphatic heterocycles. The number of nitrogens with zero attached hydrogens (tertiary/aromatic N) is 1. The zero-order valence-electron chi connectivity index (χ0n) is 2.42. The summed E-state index contributed by atoms with van der Waals surface area (Å²) in [7, 11) is 0. The molecule has 3 nitrogen and oxygen atoms in total. The molecule has 0 N–H and O–H groups in total. The summed E-state index contributed by atoms with van der Waals surface area (Å²) in [6, 6.07) is 0. The Kier molecular flexibility index (Phi) is 0.463. The standard InChI is InChI=1S/C2H2NO2/c1-3-5-2-4-1/h1-2H. The monoisotopic (exact) mass is 72.0 g/mol. The van der Waals surface area contributed by atoms with Crippen molar-refractivity contribution in [2.24, 2.45) is 5.16 Å². The summed E-state index contributed by atoms with van der Waals surface area (Å²) in [5, 5.41) is 3.18. The van der Waals surface area contributed by atoms with Crippen molar-refractivity contribution < 1.29 is 9.57 Å². The van der Waals surface area contributed by atoms with Crippen LogP contribution in [0.4, 0.5) is 0 Å². The third-order valence-corrected chi connectivity index (χ3v) is 0.263. The molecule has 27 valence electrons. The lowest BCUT2D eigenvalue weighted by Crippen LogP contribution is -1.67. The summed E-state index contributed by atoms with van der Waals surface area (Å²) < 4.78 is 4.31. The minimum absolute atomic E-state index is 1.14. The summed E-state index contributed by atoms with van der Waals surface area (Å²) in [5.74, 6) is 0. The van der Waals surface area contributed by atoms with Gasteiger partial charge in [-0.2, -0.15) is 0 Å². The minimum atomic E-state index is 1.14. The van der Waals surface area contributed by atoms with Gasteiger partial charge in [-0.25, -0.2) is 0 Å². The van der Waals surface area contributed by atoms with Gasteiger partial charge in [0.2, 0.25) is 6.40 Å². The number of oxime groups is 1. The molecule has 0 fully saturated rings. The van der Waals surface area contributed by atoms with Crippen LogP contribution in [-0.2, 0) is 9.57 Å². The highest BCUT2D eigenvalue weighted by Crippen LogP contribution is 1.88. The molecule has 1 aliphatic rings. The van der Waals surface area contributed by atoms with Crippen molar-refractivity contribution in [2.75, 3.05) is 0 Å². The van der Waals surface area contributed by atoms with Gasteiger partial charge in [-0.1, -0.05) is 5.16 Å². The van der Waals surface area contributed by atoms with Gasteiger partial charge in [-0.05, 0) is 0 Å². The topological polar surface area (TPSA) is 30.8 Å². The fourth-order valence-corrected chi connectivity index (χ4v) is 0.124. The predicted octanol–water partition coefficient (Wildman–Crippen LogP) is 0.0958. The van der Waals surface area contributed by atoms with Gasteiger partial charge in [0.05, 0.1) is 0 Å². The number of hydrogen-bond acceptors (Lipinski definition) is 3. The van der Waals surface area contributed by atoms with E-state index in [-0.39, 0.29) is 0 Å². The van der Waals surface area contributed by atoms with Crippen LogP contribution in [0.1, 0.15) is 0 Å². The molecule has 0 aliphatic carbocycles. The van der Waals surface area contributed by atoms with Crippen molar-refractivity contribution in [1.29, 1.82) is 0 Å². The Bertz CT molecular complexity index is 45.6. The van der Waals surface area contributed by atoms with E-state index in [1.807, 2.05) is 0 Å². The average molecular weight is 72.0 g/mol. The van der Waals surface area contributed by atoms with Gasteiger partial charge < -0.3 is 9.57 Å². The molecule has 1 rings (SSSR count). The van der Waals surface area contributed by atoms with Gasteiger partial charge in [0.15, 0.2) is 0 Å². The fourth-order valence-electron chi connectivity index (χ4n) is 0.124. The van der Waals surface area contributed by atoms with E-state index in [4.69, 9.17) is 0 Å². The van der Waals surface area contributed by atoms with Crippen LogP contribution < -0.4 is 0 Å². The highest BCUT2D eigenvalue weighted by atomic mass is 16.8. The second-order valence-corrected chi connectivity index (χ2v) is 0.549. The molecule has 5 heavy (non-hydrogen) atoms. The van der Waals surface area contributed by atoms with Crippen molar-refractivity contribution in [3.63, 3.8) is 0 Å². The molecule has 0 aromatic heterocycles. The van der Waals surface area contributed by atoms with E-state index in [9.17, 15) is 0 Å². The normalized spacial score (nSPS) is 17.6. The van der Waals surface area contributed by atoms with Crippen LogP contribution in [0, 0.1) is 6.79 Å². The first-order chi connectivity index (χ1) is 2.50. The molecule has 0 unspecified atom stereocenters. The highest BCUT2D eigenvalue weighted by molar-refractivity contribution is 5.46. The summed E-state index contributed by atoms with van der Waals surface area (Å²) in [4.78, 5) is 4.17. The van der Waals surface area contributed by atoms with E-state index in [0.29, 0.717) is 0 Å². The van der Waals surface area contributed by atoms with Crippen LogP contribution in [0.5, 0.6) is 0 Å². The van der Waals surface area contributed by atoms with E-state index in [2.05, 4.69) is 14.7 Å². The average Bonchev–Trinajstić information content (AvgIpc) is 1.76. The molecule has 1 radical (unpaired) electrons. The van der Waals surface area contributed by atoms with E-state index < -0.39 is 0 Å². The second-order valence-electron chi connectivity index (χ2n) is 0.549. The Hall–Kier alpha value is -0.730. The Balaban J connectivity index is 2.32. The third kappa shape index (κ3) is 0.289. The first-order valence-electron chi connectivity index (χ1n) is 1.15. The number of ether oxygens (including phenoxy) is 1. The summed E-state index contributed by atoms with van der Waals surface area (Å²) in [6.07, 6.45) is 1.21. The minimum Gasteiger partial charge on any atom is -0.432 e. The van der Waals surface area contributed by atoms with Crippen LogP contribution in [-0.4, -0.2) is 6.40 Å². The molecule has 0 atom stereocenters. The highest BCUT2D eigenvalue weighted by Gasteiger charge is 1.87. The Morgan fingerprint density at radius 2 is 2.60 bits per heavy atom. The van der Waals surface area contributed by atoms with Crippen molar-refractivity contribution in [3.8, 4) is 0 Å². The van der Waals surface area contributed by atoms with Gasteiger partial charge in [0.1, 0.15) is 0 Å². The molecule has 3 heteroatoms. The van der Waals surface area contributed by atoms with Gasteiger partial charge >= 0.3 is 6.79 Å². The van der Waals surface area contributed by atoms with Gasteiger partial charge in [-0.3, -0.25) is 0 Å². The maximum absolute atomic E-state index is 4.31. The molecule has 0 saturated carbocycles. The Labute approximate surface area is 29.2 Å². The van der Waals surface area contributed by atoms with Crippen molar-refractivity contribution in [2.45, 2.75) is 0 Å². The molecule has 0 aromatic rings. The van der Waals surface area contributed by atoms with E-state index in [0.717, 1.165) is 6.79 Å². The van der Waals surface area contributed by atoms with Crippen LogP contribution in [0.2, 0.25) is 0 Å². The van der Waals surface area contributed by atoms with E-state index in [1.165, 1.54) is 6.40 Å².